The Labute approximate surface area is 175 Å². The number of hydrogen-bond donors (Lipinski definition) is 2. The lowest BCUT2D eigenvalue weighted by Gasteiger charge is -2.15. The van der Waals surface area contributed by atoms with E-state index in [9.17, 15) is 4.79 Å². The average molecular weight is 412 g/mol. The zero-order valence-electron chi connectivity index (χ0n) is 16.8. The van der Waals surface area contributed by atoms with Gasteiger partial charge in [0.25, 0.3) is 5.91 Å². The number of amides is 1. The summed E-state index contributed by atoms with van der Waals surface area (Å²) >= 11 is 1.71. The van der Waals surface area contributed by atoms with Crippen LogP contribution in [0.5, 0.6) is 11.5 Å². The Bertz CT molecular complexity index is 895. The number of nitrogens with one attached hydrogen (secondary N) is 1. The van der Waals surface area contributed by atoms with Gasteiger partial charge in [-0.25, -0.2) is 0 Å². The summed E-state index contributed by atoms with van der Waals surface area (Å²) < 4.78 is 11.0. The van der Waals surface area contributed by atoms with Gasteiger partial charge in [-0.2, -0.15) is 0 Å². The van der Waals surface area contributed by atoms with Crippen molar-refractivity contribution in [2.75, 3.05) is 26.8 Å². The van der Waals surface area contributed by atoms with Gasteiger partial charge in [-0.1, -0.05) is 48.0 Å². The molecular weight excluding hydrogens is 384 g/mol. The first-order valence-corrected chi connectivity index (χ1v) is 10.5. The summed E-state index contributed by atoms with van der Waals surface area (Å²) in [7, 11) is 1.61. The Hall–Kier alpha value is -2.83. The first kappa shape index (κ1) is 20.9. The Morgan fingerprint density at radius 3 is 2.52 bits per heavy atom. The molecule has 0 aliphatic rings. The number of benzene rings is 2. The van der Waals surface area contributed by atoms with Crippen molar-refractivity contribution in [1.29, 1.82) is 0 Å². The van der Waals surface area contributed by atoms with Gasteiger partial charge in [0.05, 0.1) is 18.5 Å². The highest BCUT2D eigenvalue weighted by atomic mass is 32.1. The summed E-state index contributed by atoms with van der Waals surface area (Å²) in [6.07, 6.45) is 0. The average Bonchev–Trinajstić information content (AvgIpc) is 3.27. The van der Waals surface area contributed by atoms with Crippen LogP contribution >= 0.6 is 11.3 Å². The number of para-hydroxylation sites is 2. The standard InChI is InChI=1S/C23H26N2O3S/c1-17-9-11-18(12-10-17)23(21-8-5-15-29-21)25-16-22(26)24-13-14-28-20-7-4-3-6-19(20)27-2/h3-12,15,23,25H,13-14,16H2,1-2H3,(H,24,26)/p+1/t23-/m1/s1. The molecule has 0 spiro atoms. The Balaban J connectivity index is 1.48. The number of methoxy groups -OCH3 is 1. The van der Waals surface area contributed by atoms with Crippen molar-refractivity contribution in [1.82, 2.24) is 5.32 Å². The summed E-state index contributed by atoms with van der Waals surface area (Å²) in [6.45, 7) is 3.26. The van der Waals surface area contributed by atoms with Crippen molar-refractivity contribution in [3.63, 3.8) is 0 Å². The van der Waals surface area contributed by atoms with Gasteiger partial charge in [0.1, 0.15) is 12.6 Å². The van der Waals surface area contributed by atoms with E-state index in [2.05, 4.69) is 53.3 Å². The molecule has 0 saturated carbocycles. The van der Waals surface area contributed by atoms with Crippen molar-refractivity contribution in [3.05, 3.63) is 82.0 Å². The third kappa shape index (κ3) is 6.07. The number of aryl methyl sites for hydroxylation is 1. The van der Waals surface area contributed by atoms with Gasteiger partial charge in [0.2, 0.25) is 0 Å². The number of rotatable bonds is 10. The van der Waals surface area contributed by atoms with E-state index in [-0.39, 0.29) is 11.9 Å². The lowest BCUT2D eigenvalue weighted by Crippen LogP contribution is -2.87. The van der Waals surface area contributed by atoms with Crippen LogP contribution in [-0.4, -0.2) is 32.7 Å². The molecule has 0 fully saturated rings. The van der Waals surface area contributed by atoms with Gasteiger partial charge in [0, 0.05) is 5.56 Å². The molecule has 1 heterocycles. The van der Waals surface area contributed by atoms with E-state index < -0.39 is 0 Å². The van der Waals surface area contributed by atoms with Gasteiger partial charge in [-0.15, -0.1) is 11.3 Å². The molecule has 1 amide bonds. The minimum absolute atomic E-state index is 0.0118. The van der Waals surface area contributed by atoms with Crippen molar-refractivity contribution < 1.29 is 19.6 Å². The lowest BCUT2D eigenvalue weighted by atomic mass is 10.0. The normalized spacial score (nSPS) is 11.7. The van der Waals surface area contributed by atoms with Gasteiger partial charge >= 0.3 is 0 Å². The lowest BCUT2D eigenvalue weighted by molar-refractivity contribution is -0.676. The predicted molar refractivity (Wildman–Crippen MR) is 116 cm³/mol. The quantitative estimate of drug-likeness (QED) is 0.504. The molecule has 29 heavy (non-hydrogen) atoms. The third-order valence-electron chi connectivity index (χ3n) is 4.58. The van der Waals surface area contributed by atoms with Crippen LogP contribution in [0.2, 0.25) is 0 Å². The SMILES string of the molecule is COc1ccccc1OCCNC(=O)C[NH2+][C@H](c1ccc(C)cc1)c1cccs1. The fraction of sp³-hybridized carbons (Fsp3) is 0.261. The molecule has 1 atom stereocenters. The number of carbonyl (C=O) groups excluding carboxylic acids is 1. The van der Waals surface area contributed by atoms with Crippen molar-refractivity contribution in [3.8, 4) is 11.5 Å². The Morgan fingerprint density at radius 2 is 1.83 bits per heavy atom. The van der Waals surface area contributed by atoms with Gasteiger partial charge in [0.15, 0.2) is 18.0 Å². The molecular formula is C23H27N2O3S+. The number of carbonyl (C=O) groups is 1. The fourth-order valence-corrected chi connectivity index (χ4v) is 3.90. The molecule has 3 rings (SSSR count). The van der Waals surface area contributed by atoms with Crippen molar-refractivity contribution in [2.24, 2.45) is 0 Å². The van der Waals surface area contributed by atoms with Crippen LogP contribution in [0.3, 0.4) is 0 Å². The van der Waals surface area contributed by atoms with E-state index in [1.54, 1.807) is 18.4 Å². The van der Waals surface area contributed by atoms with Gasteiger partial charge in [-0.05, 0) is 30.5 Å². The topological polar surface area (TPSA) is 64.2 Å². The maximum absolute atomic E-state index is 12.3. The number of hydrogen-bond acceptors (Lipinski definition) is 4. The zero-order chi connectivity index (χ0) is 20.5. The number of nitrogens with two attached hydrogens (primary N) is 1. The van der Waals surface area contributed by atoms with Crippen LogP contribution in [0.15, 0.2) is 66.0 Å². The molecule has 0 bridgehead atoms. The molecule has 152 valence electrons. The molecule has 0 saturated heterocycles. The van der Waals surface area contributed by atoms with Crippen LogP contribution in [0, 0.1) is 6.92 Å². The number of quaternary nitrogens is 1. The highest BCUT2D eigenvalue weighted by molar-refractivity contribution is 7.10. The fourth-order valence-electron chi connectivity index (χ4n) is 3.05. The van der Waals surface area contributed by atoms with E-state index in [4.69, 9.17) is 9.47 Å². The molecule has 6 heteroatoms. The summed E-state index contributed by atoms with van der Waals surface area (Å²) in [5.74, 6) is 1.35. The highest BCUT2D eigenvalue weighted by Crippen LogP contribution is 2.25. The molecule has 0 unspecified atom stereocenters. The second-order valence-corrected chi connectivity index (χ2v) is 7.67. The maximum Gasteiger partial charge on any atom is 0.275 e. The van der Waals surface area contributed by atoms with Crippen LogP contribution in [-0.2, 0) is 4.79 Å². The molecule has 1 aromatic heterocycles. The second-order valence-electron chi connectivity index (χ2n) is 6.69. The van der Waals surface area contributed by atoms with Gasteiger partial charge in [-0.3, -0.25) is 4.79 Å². The molecule has 3 N–H and O–H groups in total. The van der Waals surface area contributed by atoms with E-state index in [1.165, 1.54) is 16.0 Å². The largest absolute Gasteiger partial charge is 0.493 e. The van der Waals surface area contributed by atoms with Crippen molar-refractivity contribution >= 4 is 17.2 Å². The third-order valence-corrected chi connectivity index (χ3v) is 5.53. The molecule has 3 aromatic rings. The smallest absolute Gasteiger partial charge is 0.275 e. The first-order chi connectivity index (χ1) is 14.2. The Morgan fingerprint density at radius 1 is 1.07 bits per heavy atom. The van der Waals surface area contributed by atoms with Crippen LogP contribution in [0.4, 0.5) is 0 Å². The first-order valence-electron chi connectivity index (χ1n) is 9.63. The molecule has 5 nitrogen and oxygen atoms in total. The van der Waals surface area contributed by atoms with Gasteiger partial charge < -0.3 is 20.1 Å². The minimum atomic E-state index is -0.0118. The van der Waals surface area contributed by atoms with Crippen molar-refractivity contribution in [2.45, 2.75) is 13.0 Å². The minimum Gasteiger partial charge on any atom is -0.493 e. The zero-order valence-corrected chi connectivity index (χ0v) is 17.6. The molecule has 0 aliphatic carbocycles. The van der Waals surface area contributed by atoms with Crippen LogP contribution in [0.1, 0.15) is 22.0 Å². The van der Waals surface area contributed by atoms with E-state index in [0.29, 0.717) is 31.2 Å². The summed E-state index contributed by atoms with van der Waals surface area (Å²) in [4.78, 5) is 13.6. The van der Waals surface area contributed by atoms with E-state index >= 15 is 0 Å². The Kier molecular flexibility index (Phi) is 7.67. The maximum atomic E-state index is 12.3. The molecule has 2 aromatic carbocycles. The highest BCUT2D eigenvalue weighted by Gasteiger charge is 2.19. The summed E-state index contributed by atoms with van der Waals surface area (Å²) in [5, 5.41) is 7.06. The summed E-state index contributed by atoms with van der Waals surface area (Å²) in [5.41, 5.74) is 2.43. The monoisotopic (exact) mass is 411 g/mol. The second kappa shape index (κ2) is 10.6. The molecule has 0 radical (unpaired) electrons. The summed E-state index contributed by atoms with van der Waals surface area (Å²) in [6, 6.07) is 20.2. The van der Waals surface area contributed by atoms with E-state index in [0.717, 1.165) is 0 Å². The molecule has 0 aliphatic heterocycles. The predicted octanol–water partition coefficient (Wildman–Crippen LogP) is 2.91. The van der Waals surface area contributed by atoms with Crippen LogP contribution < -0.4 is 20.1 Å². The van der Waals surface area contributed by atoms with E-state index in [1.807, 2.05) is 30.3 Å². The number of thiophene rings is 1. The number of ether oxygens (including phenoxy) is 2. The van der Waals surface area contributed by atoms with Crippen LogP contribution in [0.25, 0.3) is 0 Å².